The lowest BCUT2D eigenvalue weighted by atomic mass is 10.1. The number of aliphatic imine (C=N–C) groups is 1. The summed E-state index contributed by atoms with van der Waals surface area (Å²) in [7, 11) is 0. The summed E-state index contributed by atoms with van der Waals surface area (Å²) in [6, 6.07) is 0. The normalized spacial score (nSPS) is 27.2. The van der Waals surface area contributed by atoms with E-state index in [4.69, 9.17) is 11.6 Å². The fourth-order valence-corrected chi connectivity index (χ4v) is 0.816. The predicted octanol–water partition coefficient (Wildman–Crippen LogP) is 2.47. The number of allylic oxidation sites excluding steroid dienone is 1. The highest BCUT2D eigenvalue weighted by Gasteiger charge is 2.11. The van der Waals surface area contributed by atoms with Crippen LogP contribution in [0.2, 0.25) is 0 Å². The van der Waals surface area contributed by atoms with Gasteiger partial charge in [0.05, 0.1) is 0 Å². The summed E-state index contributed by atoms with van der Waals surface area (Å²) >= 11 is 5.34. The highest BCUT2D eigenvalue weighted by molar-refractivity contribution is 6.30. The van der Waals surface area contributed by atoms with E-state index in [1.54, 1.807) is 6.21 Å². The quantitative estimate of drug-likeness (QED) is 0.467. The van der Waals surface area contributed by atoms with E-state index in [0.29, 0.717) is 6.42 Å². The van der Waals surface area contributed by atoms with Crippen LogP contribution in [0.15, 0.2) is 16.0 Å². The zero-order chi connectivity index (χ0) is 6.85. The average Bonchev–Trinajstić information content (AvgIpc) is 1.80. The van der Waals surface area contributed by atoms with Gasteiger partial charge in [0.25, 0.3) is 0 Å². The molecule has 0 aromatic heterocycles. The van der Waals surface area contributed by atoms with Crippen molar-refractivity contribution in [3.63, 3.8) is 0 Å². The van der Waals surface area contributed by atoms with Crippen LogP contribution in [0.25, 0.3) is 0 Å². The lowest BCUT2D eigenvalue weighted by molar-refractivity contribution is 0.544. The lowest BCUT2D eigenvalue weighted by Crippen LogP contribution is -2.01. The highest BCUT2D eigenvalue weighted by Crippen LogP contribution is 2.23. The third kappa shape index (κ3) is 1.52. The molecule has 1 aliphatic rings. The summed E-state index contributed by atoms with van der Waals surface area (Å²) in [5, 5.41) is 0.00750. The van der Waals surface area contributed by atoms with E-state index in [2.05, 4.69) is 4.99 Å². The van der Waals surface area contributed by atoms with E-state index in [0.717, 1.165) is 0 Å². The molecule has 3 heteroatoms. The molecule has 1 rings (SSSR count). The second-order valence-corrected chi connectivity index (χ2v) is 2.51. The predicted molar refractivity (Wildman–Crippen MR) is 36.3 cm³/mol. The summed E-state index contributed by atoms with van der Waals surface area (Å²) in [4.78, 5) is 3.64. The van der Waals surface area contributed by atoms with Crippen LogP contribution in [0.4, 0.5) is 4.39 Å². The molecule has 0 aliphatic carbocycles. The van der Waals surface area contributed by atoms with Crippen molar-refractivity contribution in [1.82, 2.24) is 0 Å². The van der Waals surface area contributed by atoms with Gasteiger partial charge in [-0.25, -0.2) is 9.38 Å². The first-order chi connectivity index (χ1) is 4.20. The van der Waals surface area contributed by atoms with Gasteiger partial charge in [-0.15, -0.1) is 0 Å². The Morgan fingerprint density at radius 3 is 3.00 bits per heavy atom. The van der Waals surface area contributed by atoms with Crippen molar-refractivity contribution in [2.24, 2.45) is 10.9 Å². The van der Waals surface area contributed by atoms with Crippen LogP contribution in [0.1, 0.15) is 13.3 Å². The van der Waals surface area contributed by atoms with E-state index in [1.165, 1.54) is 0 Å². The fraction of sp³-hybridized carbons (Fsp3) is 0.500. The first-order valence-corrected chi connectivity index (χ1v) is 3.16. The smallest absolute Gasteiger partial charge is 0.160 e. The van der Waals surface area contributed by atoms with Crippen LogP contribution in [-0.4, -0.2) is 6.21 Å². The molecule has 0 aromatic rings. The van der Waals surface area contributed by atoms with Crippen LogP contribution in [0.3, 0.4) is 0 Å². The number of hydrogen-bond acceptors (Lipinski definition) is 1. The largest absolute Gasteiger partial charge is 0.246 e. The standard InChI is InChI=1S/C6H7ClFN/c1-4-2-5(8)6(7)9-3-4/h3-4H,2H2,1H3. The maximum atomic E-state index is 12.5. The summed E-state index contributed by atoms with van der Waals surface area (Å²) in [6.45, 7) is 1.90. The third-order valence-corrected chi connectivity index (χ3v) is 1.47. The Kier molecular flexibility index (Phi) is 1.86. The van der Waals surface area contributed by atoms with Crippen LogP contribution in [0, 0.1) is 5.92 Å². The lowest BCUT2D eigenvalue weighted by Gasteiger charge is -2.07. The zero-order valence-electron chi connectivity index (χ0n) is 5.06. The molecule has 1 heterocycles. The molecule has 0 aromatic carbocycles. The summed E-state index contributed by atoms with van der Waals surface area (Å²) in [6.07, 6.45) is 2.05. The summed E-state index contributed by atoms with van der Waals surface area (Å²) in [5.41, 5.74) is 0. The summed E-state index contributed by atoms with van der Waals surface area (Å²) < 4.78 is 12.5. The van der Waals surface area contributed by atoms with Crippen LogP contribution in [0.5, 0.6) is 0 Å². The van der Waals surface area contributed by atoms with Crippen molar-refractivity contribution in [1.29, 1.82) is 0 Å². The van der Waals surface area contributed by atoms with Gasteiger partial charge in [0.15, 0.2) is 5.16 Å². The number of nitrogens with zero attached hydrogens (tertiary/aromatic N) is 1. The molecular formula is C6H7ClFN. The zero-order valence-corrected chi connectivity index (χ0v) is 5.82. The van der Waals surface area contributed by atoms with Crippen LogP contribution >= 0.6 is 11.6 Å². The first-order valence-electron chi connectivity index (χ1n) is 2.78. The van der Waals surface area contributed by atoms with Crippen molar-refractivity contribution >= 4 is 17.8 Å². The minimum absolute atomic E-state index is 0.00750. The molecule has 0 saturated heterocycles. The van der Waals surface area contributed by atoms with Gasteiger partial charge in [-0.1, -0.05) is 18.5 Å². The maximum Gasteiger partial charge on any atom is 0.160 e. The molecule has 1 aliphatic heterocycles. The van der Waals surface area contributed by atoms with E-state index in [9.17, 15) is 4.39 Å². The van der Waals surface area contributed by atoms with Crippen molar-refractivity contribution < 1.29 is 4.39 Å². The molecular weight excluding hydrogens is 141 g/mol. The minimum Gasteiger partial charge on any atom is -0.246 e. The molecule has 0 radical (unpaired) electrons. The first kappa shape index (κ1) is 6.75. The Balaban J connectivity index is 2.75. The second-order valence-electron chi connectivity index (χ2n) is 2.16. The molecule has 0 N–H and O–H groups in total. The van der Waals surface area contributed by atoms with E-state index in [1.807, 2.05) is 6.92 Å². The topological polar surface area (TPSA) is 12.4 Å². The number of halogens is 2. The Labute approximate surface area is 58.2 Å². The van der Waals surface area contributed by atoms with Gasteiger partial charge >= 0.3 is 0 Å². The van der Waals surface area contributed by atoms with Crippen molar-refractivity contribution in [2.45, 2.75) is 13.3 Å². The molecule has 1 unspecified atom stereocenters. The molecule has 50 valence electrons. The highest BCUT2D eigenvalue weighted by atomic mass is 35.5. The van der Waals surface area contributed by atoms with Gasteiger partial charge in [0.2, 0.25) is 0 Å². The summed E-state index contributed by atoms with van der Waals surface area (Å²) in [5.74, 6) is -0.112. The number of hydrogen-bond donors (Lipinski definition) is 0. The minimum atomic E-state index is -0.299. The molecule has 0 saturated carbocycles. The molecule has 1 atom stereocenters. The molecule has 9 heavy (non-hydrogen) atoms. The van der Waals surface area contributed by atoms with Gasteiger partial charge in [0, 0.05) is 12.6 Å². The van der Waals surface area contributed by atoms with Crippen molar-refractivity contribution in [3.8, 4) is 0 Å². The van der Waals surface area contributed by atoms with E-state index >= 15 is 0 Å². The Hall–Kier alpha value is -0.370. The second kappa shape index (κ2) is 2.48. The van der Waals surface area contributed by atoms with Gasteiger partial charge < -0.3 is 0 Å². The fourth-order valence-electron chi connectivity index (χ4n) is 0.682. The Morgan fingerprint density at radius 2 is 2.56 bits per heavy atom. The van der Waals surface area contributed by atoms with E-state index < -0.39 is 0 Å². The van der Waals surface area contributed by atoms with Crippen LogP contribution < -0.4 is 0 Å². The van der Waals surface area contributed by atoms with Crippen molar-refractivity contribution in [3.05, 3.63) is 11.0 Å². The molecule has 1 nitrogen and oxygen atoms in total. The molecule has 0 fully saturated rings. The van der Waals surface area contributed by atoms with Crippen molar-refractivity contribution in [2.75, 3.05) is 0 Å². The van der Waals surface area contributed by atoms with E-state index in [-0.39, 0.29) is 16.9 Å². The molecule has 0 amide bonds. The number of rotatable bonds is 0. The average molecular weight is 148 g/mol. The van der Waals surface area contributed by atoms with Crippen LogP contribution in [-0.2, 0) is 0 Å². The van der Waals surface area contributed by atoms with Gasteiger partial charge in [-0.05, 0) is 5.92 Å². The SMILES string of the molecule is CC1C=NC(Cl)=C(F)C1. The maximum absolute atomic E-state index is 12.5. The third-order valence-electron chi connectivity index (χ3n) is 1.17. The Bertz CT molecular complexity index is 174. The van der Waals surface area contributed by atoms with Gasteiger partial charge in [-0.2, -0.15) is 0 Å². The monoisotopic (exact) mass is 147 g/mol. The Morgan fingerprint density at radius 1 is 1.89 bits per heavy atom. The van der Waals surface area contributed by atoms with Gasteiger partial charge in [0.1, 0.15) is 5.83 Å². The van der Waals surface area contributed by atoms with Gasteiger partial charge in [-0.3, -0.25) is 0 Å². The molecule has 0 spiro atoms. The molecule has 0 bridgehead atoms.